The highest BCUT2D eigenvalue weighted by Crippen LogP contribution is 2.33. The molecule has 1 saturated heterocycles. The Hall–Kier alpha value is -3.65. The Kier molecular flexibility index (Phi) is 8.84. The van der Waals surface area contributed by atoms with Crippen LogP contribution in [-0.4, -0.2) is 60.5 Å². The van der Waals surface area contributed by atoms with Gasteiger partial charge in [0.2, 0.25) is 21.8 Å². The molecule has 43 heavy (non-hydrogen) atoms. The number of fused-ring (bicyclic) bond motifs is 1. The molecular weight excluding hydrogens is 589 g/mol. The molecule has 226 valence electrons. The summed E-state index contributed by atoms with van der Waals surface area (Å²) in [6.45, 7) is 0.666. The largest absolute Gasteiger partial charge is 0.377 e. The van der Waals surface area contributed by atoms with E-state index in [1.54, 1.807) is 12.1 Å². The van der Waals surface area contributed by atoms with Crippen molar-refractivity contribution in [3.8, 4) is 0 Å². The highest BCUT2D eigenvalue weighted by Gasteiger charge is 2.35. The van der Waals surface area contributed by atoms with Gasteiger partial charge in [0.1, 0.15) is 18.1 Å². The van der Waals surface area contributed by atoms with E-state index in [0.717, 1.165) is 38.5 Å². The minimum atomic E-state index is -3.80. The summed E-state index contributed by atoms with van der Waals surface area (Å²) in [6, 6.07) is 16.2. The average Bonchev–Trinajstić information content (AvgIpc) is 3.84. The van der Waals surface area contributed by atoms with E-state index in [4.69, 9.17) is 4.74 Å². The highest BCUT2D eigenvalue weighted by atomic mass is 32.2. The number of sulfonamides is 1. The summed E-state index contributed by atoms with van der Waals surface area (Å²) in [5, 5.41) is 13.4. The summed E-state index contributed by atoms with van der Waals surface area (Å²) in [7, 11) is -3.80. The van der Waals surface area contributed by atoms with Crippen LogP contribution in [0.5, 0.6) is 0 Å². The maximum atomic E-state index is 14.2. The number of nitrogens with one attached hydrogen (secondary N) is 2. The molecule has 2 aliphatic rings. The van der Waals surface area contributed by atoms with Crippen LogP contribution in [0.2, 0.25) is 0 Å². The van der Waals surface area contributed by atoms with Gasteiger partial charge >= 0.3 is 0 Å². The maximum Gasteiger partial charge on any atom is 0.249 e. The Morgan fingerprint density at radius 2 is 1.81 bits per heavy atom. The second-order valence-corrected chi connectivity index (χ2v) is 13.6. The number of amides is 2. The first-order valence-corrected chi connectivity index (χ1v) is 16.9. The predicted octanol–water partition coefficient (Wildman–Crippen LogP) is 3.78. The van der Waals surface area contributed by atoms with Crippen molar-refractivity contribution in [2.24, 2.45) is 0 Å². The van der Waals surface area contributed by atoms with Crippen molar-refractivity contribution in [1.82, 2.24) is 25.0 Å². The molecule has 0 radical (unpaired) electrons. The average molecular weight is 623 g/mol. The number of hydrogen-bond acceptors (Lipinski definition) is 8. The Balaban J connectivity index is 1.33. The molecule has 0 unspecified atom stereocenters. The molecule has 0 bridgehead atoms. The summed E-state index contributed by atoms with van der Waals surface area (Å²) >= 11 is 1.39. The van der Waals surface area contributed by atoms with Gasteiger partial charge in [-0.05, 0) is 73.5 Å². The molecule has 2 fully saturated rings. The molecule has 13 heteroatoms. The fraction of sp³-hybridized carbons (Fsp3) is 0.400. The van der Waals surface area contributed by atoms with Crippen LogP contribution >= 0.6 is 11.3 Å². The van der Waals surface area contributed by atoms with E-state index >= 15 is 0 Å². The number of benzene rings is 2. The molecular formula is C30H34N6O5S2. The van der Waals surface area contributed by atoms with Gasteiger partial charge in [0.05, 0.1) is 16.5 Å². The fourth-order valence-corrected chi connectivity index (χ4v) is 7.60. The predicted molar refractivity (Wildman–Crippen MR) is 163 cm³/mol. The zero-order valence-corrected chi connectivity index (χ0v) is 25.2. The van der Waals surface area contributed by atoms with Crippen LogP contribution in [0.15, 0.2) is 70.9 Å². The van der Waals surface area contributed by atoms with Gasteiger partial charge in [0.25, 0.3) is 0 Å². The third-order valence-corrected chi connectivity index (χ3v) is 10.3. The lowest BCUT2D eigenvalue weighted by Gasteiger charge is -2.31. The van der Waals surface area contributed by atoms with Crippen LogP contribution in [0.4, 0.5) is 5.69 Å². The smallest absolute Gasteiger partial charge is 0.249 e. The second kappa shape index (κ2) is 12.9. The van der Waals surface area contributed by atoms with Crippen molar-refractivity contribution >= 4 is 49.9 Å². The van der Waals surface area contributed by atoms with E-state index in [1.165, 1.54) is 33.1 Å². The molecule has 3 heterocycles. The SMILES string of the molecule is O=C(NC1CCCC1)[C@H](c1cccs1)N(C(=O)Cn1nnc2ccccc21)c1ccc(S(=O)(=O)NC[C@H]2CCCO2)cc1. The zero-order chi connectivity index (χ0) is 29.8. The Morgan fingerprint density at radius 1 is 1.02 bits per heavy atom. The number of nitrogens with zero attached hydrogens (tertiary/aromatic N) is 4. The Bertz CT molecular complexity index is 1660. The summed E-state index contributed by atoms with van der Waals surface area (Å²) in [5.41, 5.74) is 1.74. The van der Waals surface area contributed by atoms with Crippen LogP contribution in [0.3, 0.4) is 0 Å². The standard InChI is InChI=1S/C30H34N6O5S2/c37-28(20-35-26-11-4-3-10-25(26)33-34-35)36(29(27-12-6-18-42-27)30(38)32-21-7-1-2-8-21)22-13-15-24(16-14-22)43(39,40)31-19-23-9-5-17-41-23/h3-4,6,10-16,18,21,23,29,31H,1-2,5,7-9,17,19-20H2,(H,32,38)/t23-,29+/m1/s1. The Labute approximate surface area is 254 Å². The van der Waals surface area contributed by atoms with Crippen LogP contribution in [0.25, 0.3) is 11.0 Å². The van der Waals surface area contributed by atoms with Crippen molar-refractivity contribution in [3.05, 3.63) is 70.9 Å². The van der Waals surface area contributed by atoms with Gasteiger partial charge in [-0.3, -0.25) is 14.5 Å². The highest BCUT2D eigenvalue weighted by molar-refractivity contribution is 7.89. The number of thiophene rings is 1. The van der Waals surface area contributed by atoms with Crippen LogP contribution in [0, 0.1) is 0 Å². The summed E-state index contributed by atoms with van der Waals surface area (Å²) in [4.78, 5) is 30.3. The van der Waals surface area contributed by atoms with E-state index in [-0.39, 0.29) is 41.9 Å². The van der Waals surface area contributed by atoms with Crippen LogP contribution in [-0.2, 0) is 30.9 Å². The van der Waals surface area contributed by atoms with Gasteiger partial charge in [-0.25, -0.2) is 17.8 Å². The van der Waals surface area contributed by atoms with Crippen molar-refractivity contribution in [3.63, 3.8) is 0 Å². The number of anilines is 1. The lowest BCUT2D eigenvalue weighted by Crippen LogP contribution is -2.47. The first-order valence-electron chi connectivity index (χ1n) is 14.5. The van der Waals surface area contributed by atoms with E-state index in [2.05, 4.69) is 20.4 Å². The first kappa shape index (κ1) is 29.4. The quantitative estimate of drug-likeness (QED) is 0.260. The van der Waals surface area contributed by atoms with Gasteiger partial charge in [0, 0.05) is 29.8 Å². The molecule has 11 nitrogen and oxygen atoms in total. The lowest BCUT2D eigenvalue weighted by molar-refractivity contribution is -0.127. The van der Waals surface area contributed by atoms with Crippen molar-refractivity contribution in [2.75, 3.05) is 18.1 Å². The van der Waals surface area contributed by atoms with Gasteiger partial charge in [0.15, 0.2) is 0 Å². The molecule has 4 aromatic rings. The number of rotatable bonds is 11. The molecule has 1 aliphatic heterocycles. The van der Waals surface area contributed by atoms with Crippen molar-refractivity contribution in [1.29, 1.82) is 0 Å². The zero-order valence-electron chi connectivity index (χ0n) is 23.6. The van der Waals surface area contributed by atoms with Gasteiger partial charge in [-0.15, -0.1) is 16.4 Å². The molecule has 2 amide bonds. The number of hydrogen-bond donors (Lipinski definition) is 2. The van der Waals surface area contributed by atoms with E-state index in [0.29, 0.717) is 28.2 Å². The second-order valence-electron chi connectivity index (χ2n) is 10.9. The maximum absolute atomic E-state index is 14.2. The third-order valence-electron chi connectivity index (χ3n) is 7.94. The molecule has 1 saturated carbocycles. The summed E-state index contributed by atoms with van der Waals surface area (Å²) in [5.74, 6) is -0.663. The third kappa shape index (κ3) is 6.64. The van der Waals surface area contributed by atoms with Gasteiger partial charge < -0.3 is 10.1 Å². The summed E-state index contributed by atoms with van der Waals surface area (Å²) < 4.78 is 35.7. The van der Waals surface area contributed by atoms with Crippen LogP contribution in [0.1, 0.15) is 49.4 Å². The number of carbonyl (C=O) groups is 2. The van der Waals surface area contributed by atoms with Crippen molar-refractivity contribution < 1.29 is 22.7 Å². The fourth-order valence-electron chi connectivity index (χ4n) is 5.72. The van der Waals surface area contributed by atoms with E-state index < -0.39 is 16.1 Å². The Morgan fingerprint density at radius 3 is 2.53 bits per heavy atom. The van der Waals surface area contributed by atoms with E-state index in [9.17, 15) is 18.0 Å². The monoisotopic (exact) mass is 622 g/mol. The molecule has 1 aliphatic carbocycles. The number of aromatic nitrogens is 3. The first-order chi connectivity index (χ1) is 20.9. The van der Waals surface area contributed by atoms with E-state index in [1.807, 2.05) is 41.8 Å². The molecule has 2 aromatic heterocycles. The lowest BCUT2D eigenvalue weighted by atomic mass is 10.1. The van der Waals surface area contributed by atoms with Crippen molar-refractivity contribution in [2.45, 2.75) is 68.2 Å². The molecule has 2 aromatic carbocycles. The van der Waals surface area contributed by atoms with Gasteiger partial charge in [-0.1, -0.05) is 36.3 Å². The molecule has 2 atom stereocenters. The number of carbonyl (C=O) groups excluding carboxylic acids is 2. The molecule has 0 spiro atoms. The molecule has 6 rings (SSSR count). The van der Waals surface area contributed by atoms with Gasteiger partial charge in [-0.2, -0.15) is 0 Å². The summed E-state index contributed by atoms with van der Waals surface area (Å²) in [6.07, 6.45) is 5.48. The molecule has 2 N–H and O–H groups in total. The minimum absolute atomic E-state index is 0.0496. The number of ether oxygens (including phenoxy) is 1. The minimum Gasteiger partial charge on any atom is -0.377 e. The number of para-hydroxylation sites is 1. The topological polar surface area (TPSA) is 136 Å². The normalized spacial score (nSPS) is 18.2. The van der Waals surface area contributed by atoms with Crippen LogP contribution < -0.4 is 14.9 Å².